The average molecular weight is 290 g/mol. The van der Waals surface area contributed by atoms with Crippen LogP contribution in [0.25, 0.3) is 0 Å². The number of ether oxygens (including phenoxy) is 1. The van der Waals surface area contributed by atoms with Gasteiger partial charge in [0.25, 0.3) is 5.91 Å². The Balaban J connectivity index is 1.64. The fraction of sp³-hybridized carbons (Fsp3) is 0.667. The summed E-state index contributed by atoms with van der Waals surface area (Å²) < 4.78 is 5.26. The molecule has 0 aromatic carbocycles. The van der Waals surface area contributed by atoms with Gasteiger partial charge in [0.1, 0.15) is 0 Å². The minimum Gasteiger partial charge on any atom is -0.378 e. The number of nitrogens with zero attached hydrogens (tertiary/aromatic N) is 4. The lowest BCUT2D eigenvalue weighted by molar-refractivity contribution is 0.0298. The van der Waals surface area contributed by atoms with E-state index in [1.165, 1.54) is 12.8 Å². The van der Waals surface area contributed by atoms with Gasteiger partial charge < -0.3 is 14.5 Å². The molecule has 21 heavy (non-hydrogen) atoms. The largest absolute Gasteiger partial charge is 0.378 e. The van der Waals surface area contributed by atoms with Crippen LogP contribution in [0.5, 0.6) is 0 Å². The Morgan fingerprint density at radius 1 is 1.14 bits per heavy atom. The van der Waals surface area contributed by atoms with Gasteiger partial charge in [-0.3, -0.25) is 4.79 Å². The molecule has 1 aromatic heterocycles. The van der Waals surface area contributed by atoms with Crippen LogP contribution in [-0.4, -0.2) is 60.4 Å². The van der Waals surface area contributed by atoms with Gasteiger partial charge in [-0.15, -0.1) is 10.2 Å². The topological polar surface area (TPSA) is 58.6 Å². The van der Waals surface area contributed by atoms with Crippen LogP contribution in [0.4, 0.5) is 5.82 Å². The number of carbonyl (C=O) groups is 1. The molecule has 2 aliphatic heterocycles. The van der Waals surface area contributed by atoms with Gasteiger partial charge in [0, 0.05) is 26.2 Å². The summed E-state index contributed by atoms with van der Waals surface area (Å²) in [6.45, 7) is 6.79. The number of piperidine rings is 1. The molecule has 3 rings (SSSR count). The Morgan fingerprint density at radius 3 is 2.48 bits per heavy atom. The van der Waals surface area contributed by atoms with E-state index in [0.29, 0.717) is 32.0 Å². The maximum atomic E-state index is 12.3. The molecule has 0 N–H and O–H groups in total. The molecule has 2 aliphatic rings. The summed E-state index contributed by atoms with van der Waals surface area (Å²) in [4.78, 5) is 16.3. The summed E-state index contributed by atoms with van der Waals surface area (Å²) >= 11 is 0. The first-order chi connectivity index (χ1) is 10.2. The normalized spacial score (nSPS) is 20.6. The fourth-order valence-corrected chi connectivity index (χ4v) is 2.77. The SMILES string of the molecule is CC1CCN(c2ccc(C(=O)N3CCOCC3)nn2)CC1. The van der Waals surface area contributed by atoms with Crippen molar-refractivity contribution in [2.75, 3.05) is 44.3 Å². The summed E-state index contributed by atoms with van der Waals surface area (Å²) in [5.41, 5.74) is 0.422. The number of hydrogen-bond donors (Lipinski definition) is 0. The van der Waals surface area contributed by atoms with E-state index >= 15 is 0 Å². The first kappa shape index (κ1) is 14.3. The van der Waals surface area contributed by atoms with Gasteiger partial charge in [-0.1, -0.05) is 6.92 Å². The Kier molecular flexibility index (Phi) is 4.34. The Morgan fingerprint density at radius 2 is 1.86 bits per heavy atom. The molecule has 2 fully saturated rings. The van der Waals surface area contributed by atoms with E-state index in [4.69, 9.17) is 4.74 Å². The predicted molar refractivity (Wildman–Crippen MR) is 79.4 cm³/mol. The van der Waals surface area contributed by atoms with E-state index in [1.54, 1.807) is 11.0 Å². The summed E-state index contributed by atoms with van der Waals surface area (Å²) in [5, 5.41) is 8.36. The minimum atomic E-state index is -0.0513. The van der Waals surface area contributed by atoms with Crippen LogP contribution < -0.4 is 4.90 Å². The third-order valence-corrected chi connectivity index (χ3v) is 4.28. The smallest absolute Gasteiger partial charge is 0.274 e. The van der Waals surface area contributed by atoms with Gasteiger partial charge in [0.15, 0.2) is 11.5 Å². The number of rotatable bonds is 2. The van der Waals surface area contributed by atoms with Gasteiger partial charge in [-0.25, -0.2) is 0 Å². The molecule has 114 valence electrons. The van der Waals surface area contributed by atoms with Crippen LogP contribution in [0.1, 0.15) is 30.3 Å². The second-order valence-electron chi connectivity index (χ2n) is 5.85. The van der Waals surface area contributed by atoms with Crippen LogP contribution in [-0.2, 0) is 4.74 Å². The second kappa shape index (κ2) is 6.39. The van der Waals surface area contributed by atoms with Crippen LogP contribution in [0.2, 0.25) is 0 Å². The molecule has 0 aliphatic carbocycles. The average Bonchev–Trinajstić information content (AvgIpc) is 2.56. The van der Waals surface area contributed by atoms with E-state index in [0.717, 1.165) is 24.8 Å². The van der Waals surface area contributed by atoms with Crippen molar-refractivity contribution in [1.29, 1.82) is 0 Å². The van der Waals surface area contributed by atoms with E-state index in [9.17, 15) is 4.79 Å². The van der Waals surface area contributed by atoms with Crippen molar-refractivity contribution < 1.29 is 9.53 Å². The number of anilines is 1. The highest BCUT2D eigenvalue weighted by atomic mass is 16.5. The molecule has 2 saturated heterocycles. The zero-order chi connectivity index (χ0) is 14.7. The number of morpholine rings is 1. The monoisotopic (exact) mass is 290 g/mol. The van der Waals surface area contributed by atoms with E-state index in [1.807, 2.05) is 6.07 Å². The van der Waals surface area contributed by atoms with E-state index in [2.05, 4.69) is 22.0 Å². The first-order valence-corrected chi connectivity index (χ1v) is 7.70. The van der Waals surface area contributed by atoms with Crippen molar-refractivity contribution >= 4 is 11.7 Å². The summed E-state index contributed by atoms with van der Waals surface area (Å²) in [7, 11) is 0. The number of carbonyl (C=O) groups excluding carboxylic acids is 1. The number of hydrogen-bond acceptors (Lipinski definition) is 5. The van der Waals surface area contributed by atoms with E-state index in [-0.39, 0.29) is 5.91 Å². The number of aromatic nitrogens is 2. The lowest BCUT2D eigenvalue weighted by atomic mass is 9.99. The molecule has 6 heteroatoms. The summed E-state index contributed by atoms with van der Waals surface area (Å²) in [6.07, 6.45) is 2.38. The zero-order valence-corrected chi connectivity index (χ0v) is 12.5. The van der Waals surface area contributed by atoms with Crippen molar-refractivity contribution in [1.82, 2.24) is 15.1 Å². The maximum Gasteiger partial charge on any atom is 0.274 e. The second-order valence-corrected chi connectivity index (χ2v) is 5.85. The predicted octanol–water partition coefficient (Wildman–Crippen LogP) is 1.19. The van der Waals surface area contributed by atoms with E-state index < -0.39 is 0 Å². The highest BCUT2D eigenvalue weighted by Gasteiger charge is 2.21. The molecule has 3 heterocycles. The molecule has 0 unspecified atom stereocenters. The molecular formula is C15H22N4O2. The highest BCUT2D eigenvalue weighted by molar-refractivity contribution is 5.92. The van der Waals surface area contributed by atoms with Crippen molar-refractivity contribution in [2.24, 2.45) is 5.92 Å². The molecule has 1 aromatic rings. The van der Waals surface area contributed by atoms with Crippen LogP contribution >= 0.6 is 0 Å². The van der Waals surface area contributed by atoms with Crippen LogP contribution in [0, 0.1) is 5.92 Å². The zero-order valence-electron chi connectivity index (χ0n) is 12.5. The molecular weight excluding hydrogens is 268 g/mol. The standard InChI is InChI=1S/C15H22N4O2/c1-12-4-6-18(7-5-12)14-3-2-13(16-17-14)15(20)19-8-10-21-11-9-19/h2-3,12H,4-11H2,1H3. The van der Waals surface area contributed by atoms with Crippen molar-refractivity contribution in [3.63, 3.8) is 0 Å². The Bertz CT molecular complexity index is 477. The van der Waals surface area contributed by atoms with Crippen molar-refractivity contribution in [3.8, 4) is 0 Å². The quantitative estimate of drug-likeness (QED) is 0.819. The third-order valence-electron chi connectivity index (χ3n) is 4.28. The van der Waals surface area contributed by atoms with Crippen LogP contribution in [0.3, 0.4) is 0 Å². The fourth-order valence-electron chi connectivity index (χ4n) is 2.77. The van der Waals surface area contributed by atoms with Crippen LogP contribution in [0.15, 0.2) is 12.1 Å². The molecule has 0 saturated carbocycles. The Hall–Kier alpha value is -1.69. The third kappa shape index (κ3) is 3.32. The summed E-state index contributed by atoms with van der Waals surface area (Å²) in [5.74, 6) is 1.61. The van der Waals surface area contributed by atoms with Gasteiger partial charge >= 0.3 is 0 Å². The molecule has 0 atom stereocenters. The number of amides is 1. The Labute approximate surface area is 125 Å². The maximum absolute atomic E-state index is 12.3. The van der Waals surface area contributed by atoms with Gasteiger partial charge in [0.05, 0.1) is 13.2 Å². The van der Waals surface area contributed by atoms with Gasteiger partial charge in [0.2, 0.25) is 0 Å². The minimum absolute atomic E-state index is 0.0513. The molecule has 0 radical (unpaired) electrons. The molecule has 0 bridgehead atoms. The van der Waals surface area contributed by atoms with Crippen molar-refractivity contribution in [2.45, 2.75) is 19.8 Å². The van der Waals surface area contributed by atoms with Crippen molar-refractivity contribution in [3.05, 3.63) is 17.8 Å². The van der Waals surface area contributed by atoms with Gasteiger partial charge in [-0.2, -0.15) is 0 Å². The highest BCUT2D eigenvalue weighted by Crippen LogP contribution is 2.20. The summed E-state index contributed by atoms with van der Waals surface area (Å²) in [6, 6.07) is 3.70. The first-order valence-electron chi connectivity index (χ1n) is 7.70. The van der Waals surface area contributed by atoms with Gasteiger partial charge in [-0.05, 0) is 30.9 Å². The molecule has 6 nitrogen and oxygen atoms in total. The molecule has 1 amide bonds. The lowest BCUT2D eigenvalue weighted by Crippen LogP contribution is -2.41. The lowest BCUT2D eigenvalue weighted by Gasteiger charge is -2.31. The molecule has 0 spiro atoms.